The van der Waals surface area contributed by atoms with Crippen LogP contribution < -0.4 is 11.3 Å². The van der Waals surface area contributed by atoms with E-state index in [0.717, 1.165) is 45.3 Å². The molecule has 5 nitrogen and oxygen atoms in total. The van der Waals surface area contributed by atoms with Gasteiger partial charge in [0.2, 0.25) is 5.91 Å². The SMILES string of the molecule is CC1(O)CCN(CCCCCC(=O)NN)C1. The summed E-state index contributed by atoms with van der Waals surface area (Å²) in [6.07, 6.45) is 4.37. The number of β-amino-alcohol motifs (C(OH)–C–C–N with tert-alkyl or cyclic N) is 1. The second-order valence-electron chi connectivity index (χ2n) is 4.90. The highest BCUT2D eigenvalue weighted by molar-refractivity contribution is 5.74. The first-order valence-electron chi connectivity index (χ1n) is 5.98. The van der Waals surface area contributed by atoms with Crippen LogP contribution in [0.2, 0.25) is 0 Å². The molecule has 0 bridgehead atoms. The molecule has 1 saturated heterocycles. The number of aliphatic hydroxyl groups is 1. The predicted octanol–water partition coefficient (Wildman–Crippen LogP) is -0.00660. The van der Waals surface area contributed by atoms with Crippen molar-refractivity contribution in [2.75, 3.05) is 19.6 Å². The Kier molecular flexibility index (Phi) is 5.18. The van der Waals surface area contributed by atoms with Gasteiger partial charge in [-0.25, -0.2) is 5.84 Å². The topological polar surface area (TPSA) is 78.6 Å². The molecule has 1 heterocycles. The molecule has 0 saturated carbocycles. The maximum Gasteiger partial charge on any atom is 0.233 e. The number of rotatable bonds is 6. The Balaban J connectivity index is 1.98. The molecule has 94 valence electrons. The first-order chi connectivity index (χ1) is 7.53. The first-order valence-corrected chi connectivity index (χ1v) is 5.98. The maximum atomic E-state index is 10.8. The molecule has 1 unspecified atom stereocenters. The van der Waals surface area contributed by atoms with Crippen molar-refractivity contribution >= 4 is 5.91 Å². The highest BCUT2D eigenvalue weighted by Crippen LogP contribution is 2.20. The number of nitrogens with zero attached hydrogens (tertiary/aromatic N) is 1. The summed E-state index contributed by atoms with van der Waals surface area (Å²) in [4.78, 5) is 13.1. The van der Waals surface area contributed by atoms with Crippen LogP contribution in [0.25, 0.3) is 0 Å². The van der Waals surface area contributed by atoms with Crippen LogP contribution in [0.4, 0.5) is 0 Å². The summed E-state index contributed by atoms with van der Waals surface area (Å²) >= 11 is 0. The minimum atomic E-state index is -0.501. The fourth-order valence-corrected chi connectivity index (χ4v) is 2.10. The van der Waals surface area contributed by atoms with Crippen LogP contribution in [0.15, 0.2) is 0 Å². The second kappa shape index (κ2) is 6.18. The third-order valence-electron chi connectivity index (χ3n) is 3.07. The van der Waals surface area contributed by atoms with E-state index < -0.39 is 5.60 Å². The van der Waals surface area contributed by atoms with Crippen molar-refractivity contribution in [1.29, 1.82) is 0 Å². The third-order valence-corrected chi connectivity index (χ3v) is 3.07. The van der Waals surface area contributed by atoms with Crippen LogP contribution in [-0.4, -0.2) is 41.1 Å². The van der Waals surface area contributed by atoms with Gasteiger partial charge in [-0.3, -0.25) is 10.2 Å². The monoisotopic (exact) mass is 229 g/mol. The smallest absolute Gasteiger partial charge is 0.233 e. The van der Waals surface area contributed by atoms with Gasteiger partial charge in [-0.1, -0.05) is 6.42 Å². The van der Waals surface area contributed by atoms with Crippen molar-refractivity contribution in [2.45, 2.75) is 44.6 Å². The Hall–Kier alpha value is -0.650. The van der Waals surface area contributed by atoms with Gasteiger partial charge in [0, 0.05) is 19.5 Å². The van der Waals surface area contributed by atoms with Gasteiger partial charge in [0.15, 0.2) is 0 Å². The molecular formula is C11H23N3O2. The van der Waals surface area contributed by atoms with Crippen molar-refractivity contribution in [3.8, 4) is 0 Å². The van der Waals surface area contributed by atoms with E-state index in [-0.39, 0.29) is 5.91 Å². The summed E-state index contributed by atoms with van der Waals surface area (Å²) < 4.78 is 0. The fourth-order valence-electron chi connectivity index (χ4n) is 2.10. The molecule has 0 aromatic rings. The molecule has 1 aliphatic rings. The van der Waals surface area contributed by atoms with E-state index in [1.807, 2.05) is 6.92 Å². The summed E-state index contributed by atoms with van der Waals surface area (Å²) in [7, 11) is 0. The third kappa shape index (κ3) is 4.92. The Morgan fingerprint density at radius 2 is 2.25 bits per heavy atom. The Bertz CT molecular complexity index is 231. The molecule has 1 aliphatic heterocycles. The molecule has 1 fully saturated rings. The zero-order valence-electron chi connectivity index (χ0n) is 10.0. The molecule has 0 aromatic heterocycles. The lowest BCUT2D eigenvalue weighted by Crippen LogP contribution is -2.30. The zero-order valence-corrected chi connectivity index (χ0v) is 10.0. The van der Waals surface area contributed by atoms with E-state index in [4.69, 9.17) is 5.84 Å². The normalized spacial score (nSPS) is 25.9. The van der Waals surface area contributed by atoms with Crippen molar-refractivity contribution in [1.82, 2.24) is 10.3 Å². The van der Waals surface area contributed by atoms with Gasteiger partial charge in [-0.05, 0) is 32.7 Å². The molecule has 4 N–H and O–H groups in total. The van der Waals surface area contributed by atoms with Crippen LogP contribution in [-0.2, 0) is 4.79 Å². The van der Waals surface area contributed by atoms with Gasteiger partial charge in [0.1, 0.15) is 0 Å². The quantitative estimate of drug-likeness (QED) is 0.259. The van der Waals surface area contributed by atoms with Gasteiger partial charge >= 0.3 is 0 Å². The number of nitrogens with two attached hydrogens (primary N) is 1. The summed E-state index contributed by atoms with van der Waals surface area (Å²) in [6, 6.07) is 0. The van der Waals surface area contributed by atoms with E-state index in [2.05, 4.69) is 10.3 Å². The minimum Gasteiger partial charge on any atom is -0.389 e. The van der Waals surface area contributed by atoms with E-state index in [1.54, 1.807) is 0 Å². The van der Waals surface area contributed by atoms with Gasteiger partial charge < -0.3 is 10.0 Å². The molecule has 1 atom stereocenters. The highest BCUT2D eigenvalue weighted by Gasteiger charge is 2.30. The molecule has 5 heteroatoms. The molecular weight excluding hydrogens is 206 g/mol. The van der Waals surface area contributed by atoms with Crippen LogP contribution >= 0.6 is 0 Å². The molecule has 1 amide bonds. The molecule has 0 spiro atoms. The van der Waals surface area contributed by atoms with Gasteiger partial charge in [0.05, 0.1) is 5.60 Å². The van der Waals surface area contributed by atoms with Gasteiger partial charge in [-0.2, -0.15) is 0 Å². The number of unbranched alkanes of at least 4 members (excludes halogenated alkanes) is 2. The van der Waals surface area contributed by atoms with E-state index in [9.17, 15) is 9.90 Å². The van der Waals surface area contributed by atoms with Crippen molar-refractivity contribution in [3.05, 3.63) is 0 Å². The number of hydrogen-bond donors (Lipinski definition) is 3. The van der Waals surface area contributed by atoms with Crippen molar-refractivity contribution in [2.24, 2.45) is 5.84 Å². The number of likely N-dealkylation sites (tertiary alicyclic amines) is 1. The summed E-state index contributed by atoms with van der Waals surface area (Å²) in [5, 5.41) is 9.76. The summed E-state index contributed by atoms with van der Waals surface area (Å²) in [6.45, 7) is 4.66. The average molecular weight is 229 g/mol. The lowest BCUT2D eigenvalue weighted by Gasteiger charge is -2.18. The predicted molar refractivity (Wildman–Crippen MR) is 62.5 cm³/mol. The molecule has 16 heavy (non-hydrogen) atoms. The van der Waals surface area contributed by atoms with Crippen molar-refractivity contribution in [3.63, 3.8) is 0 Å². The Labute approximate surface area is 97.0 Å². The highest BCUT2D eigenvalue weighted by atomic mass is 16.3. The van der Waals surface area contributed by atoms with Crippen LogP contribution in [0.1, 0.15) is 39.0 Å². The fraction of sp³-hybridized carbons (Fsp3) is 0.909. The van der Waals surface area contributed by atoms with Gasteiger partial charge in [0.25, 0.3) is 0 Å². The second-order valence-corrected chi connectivity index (χ2v) is 4.90. The first kappa shape index (κ1) is 13.4. The minimum absolute atomic E-state index is 0.0934. The van der Waals surface area contributed by atoms with E-state index >= 15 is 0 Å². The lowest BCUT2D eigenvalue weighted by atomic mass is 10.1. The Morgan fingerprint density at radius 1 is 1.50 bits per heavy atom. The number of nitrogens with one attached hydrogen (secondary N) is 1. The largest absolute Gasteiger partial charge is 0.389 e. The summed E-state index contributed by atoms with van der Waals surface area (Å²) in [5.41, 5.74) is 1.62. The molecule has 1 rings (SSSR count). The van der Waals surface area contributed by atoms with Gasteiger partial charge in [-0.15, -0.1) is 0 Å². The van der Waals surface area contributed by atoms with E-state index in [1.165, 1.54) is 0 Å². The maximum absolute atomic E-state index is 10.8. The number of hydrazine groups is 1. The molecule has 0 aromatic carbocycles. The number of carbonyl (C=O) groups excluding carboxylic acids is 1. The number of carbonyl (C=O) groups is 1. The van der Waals surface area contributed by atoms with Crippen LogP contribution in [0, 0.1) is 0 Å². The van der Waals surface area contributed by atoms with Crippen LogP contribution in [0.5, 0.6) is 0 Å². The Morgan fingerprint density at radius 3 is 2.81 bits per heavy atom. The standard InChI is InChI=1S/C11H23N3O2/c1-11(16)6-8-14(9-11)7-4-2-3-5-10(15)13-12/h16H,2-9,12H2,1H3,(H,13,15). The average Bonchev–Trinajstić information content (AvgIpc) is 2.57. The zero-order chi connectivity index (χ0) is 12.0. The van der Waals surface area contributed by atoms with Crippen LogP contribution in [0.3, 0.4) is 0 Å². The lowest BCUT2D eigenvalue weighted by molar-refractivity contribution is -0.121. The summed E-state index contributed by atoms with van der Waals surface area (Å²) in [5.74, 6) is 4.89. The number of amides is 1. The molecule has 0 aliphatic carbocycles. The van der Waals surface area contributed by atoms with Crippen molar-refractivity contribution < 1.29 is 9.90 Å². The van der Waals surface area contributed by atoms with E-state index in [0.29, 0.717) is 6.42 Å². The number of hydrogen-bond acceptors (Lipinski definition) is 4. The molecule has 0 radical (unpaired) electrons.